The highest BCUT2D eigenvalue weighted by Crippen LogP contribution is 2.36. The Labute approximate surface area is 117 Å². The number of aromatic amines is 1. The second-order valence-corrected chi connectivity index (χ2v) is 4.49. The molecular formula is C13H8ClF2N3O. The van der Waals surface area contributed by atoms with Gasteiger partial charge in [0.2, 0.25) is 0 Å². The monoisotopic (exact) mass is 295 g/mol. The van der Waals surface area contributed by atoms with Gasteiger partial charge in [-0.3, -0.25) is 5.10 Å². The summed E-state index contributed by atoms with van der Waals surface area (Å²) in [6.07, 6.45) is 0. The normalized spacial score (nSPS) is 10.9. The molecule has 3 rings (SSSR count). The number of halogens is 3. The Hall–Kier alpha value is -2.34. The van der Waals surface area contributed by atoms with Gasteiger partial charge in [-0.1, -0.05) is 0 Å². The number of nitrogens with zero attached hydrogens (tertiary/aromatic N) is 1. The molecule has 0 aliphatic heterocycles. The van der Waals surface area contributed by atoms with Crippen molar-refractivity contribution in [3.8, 4) is 22.6 Å². The minimum absolute atomic E-state index is 0.109. The summed E-state index contributed by atoms with van der Waals surface area (Å²) >= 11 is 5.71. The Morgan fingerprint density at radius 3 is 2.45 bits per heavy atom. The van der Waals surface area contributed by atoms with Gasteiger partial charge in [0.15, 0.2) is 16.8 Å². The van der Waals surface area contributed by atoms with Crippen molar-refractivity contribution in [3.05, 3.63) is 47.2 Å². The van der Waals surface area contributed by atoms with Crippen molar-refractivity contribution < 1.29 is 13.2 Å². The Morgan fingerprint density at radius 2 is 1.85 bits per heavy atom. The average molecular weight is 296 g/mol. The van der Waals surface area contributed by atoms with Gasteiger partial charge in [0.1, 0.15) is 17.3 Å². The van der Waals surface area contributed by atoms with E-state index in [1.807, 2.05) is 0 Å². The third-order valence-corrected chi connectivity index (χ3v) is 2.97. The standard InChI is InChI=1S/C13H8ClF2N3O/c14-10-2-1-9(20-10)12-11(13(17)19-18-12)6-3-7(15)5-8(16)4-6/h1-5H,(H3,17,18,19). The molecular weight excluding hydrogens is 288 g/mol. The van der Waals surface area contributed by atoms with Gasteiger partial charge in [-0.2, -0.15) is 5.10 Å². The molecule has 0 aliphatic carbocycles. The summed E-state index contributed by atoms with van der Waals surface area (Å²) in [6.45, 7) is 0. The maximum absolute atomic E-state index is 13.3. The summed E-state index contributed by atoms with van der Waals surface area (Å²) in [5.74, 6) is -0.926. The SMILES string of the molecule is Nc1n[nH]c(-c2ccc(Cl)o2)c1-c1cc(F)cc(F)c1. The lowest BCUT2D eigenvalue weighted by Gasteiger charge is -2.03. The molecule has 0 atom stereocenters. The second-order valence-electron chi connectivity index (χ2n) is 4.12. The van der Waals surface area contributed by atoms with Gasteiger partial charge in [-0.25, -0.2) is 8.78 Å². The summed E-state index contributed by atoms with van der Waals surface area (Å²) < 4.78 is 31.9. The van der Waals surface area contributed by atoms with Crippen molar-refractivity contribution >= 4 is 17.4 Å². The van der Waals surface area contributed by atoms with Crippen LogP contribution in [0.25, 0.3) is 22.6 Å². The lowest BCUT2D eigenvalue weighted by Crippen LogP contribution is -1.90. The van der Waals surface area contributed by atoms with E-state index < -0.39 is 11.6 Å². The van der Waals surface area contributed by atoms with Crippen molar-refractivity contribution in [1.82, 2.24) is 10.2 Å². The number of benzene rings is 1. The number of anilines is 1. The van der Waals surface area contributed by atoms with E-state index in [4.69, 9.17) is 21.8 Å². The van der Waals surface area contributed by atoms with E-state index in [2.05, 4.69) is 10.2 Å². The Kier molecular flexibility index (Phi) is 2.94. The van der Waals surface area contributed by atoms with E-state index in [1.165, 1.54) is 12.1 Å². The van der Waals surface area contributed by atoms with Crippen LogP contribution in [0.5, 0.6) is 0 Å². The topological polar surface area (TPSA) is 67.8 Å². The fourth-order valence-corrected chi connectivity index (χ4v) is 2.12. The van der Waals surface area contributed by atoms with E-state index in [9.17, 15) is 8.78 Å². The lowest BCUT2D eigenvalue weighted by molar-refractivity contribution is 0.581. The summed E-state index contributed by atoms with van der Waals surface area (Å²) in [5, 5.41) is 6.70. The van der Waals surface area contributed by atoms with Crippen LogP contribution in [0.15, 0.2) is 34.7 Å². The van der Waals surface area contributed by atoms with Gasteiger partial charge < -0.3 is 10.2 Å². The number of H-pyrrole nitrogens is 1. The van der Waals surface area contributed by atoms with Crippen molar-refractivity contribution in [3.63, 3.8) is 0 Å². The Bertz CT molecular complexity index is 762. The van der Waals surface area contributed by atoms with Crippen LogP contribution >= 0.6 is 11.6 Å². The number of hydrogen-bond donors (Lipinski definition) is 2. The van der Waals surface area contributed by atoms with E-state index >= 15 is 0 Å². The molecule has 0 aliphatic rings. The van der Waals surface area contributed by atoms with Gasteiger partial charge in [0, 0.05) is 6.07 Å². The summed E-state index contributed by atoms with van der Waals surface area (Å²) in [5.41, 5.74) is 6.77. The van der Waals surface area contributed by atoms with Crippen LogP contribution in [0.3, 0.4) is 0 Å². The molecule has 2 aromatic heterocycles. The first kappa shape index (κ1) is 12.7. The van der Waals surface area contributed by atoms with Crippen LogP contribution in [0, 0.1) is 11.6 Å². The average Bonchev–Trinajstić information content (AvgIpc) is 2.94. The van der Waals surface area contributed by atoms with E-state index in [0.717, 1.165) is 6.07 Å². The second kappa shape index (κ2) is 4.64. The molecule has 0 fully saturated rings. The molecule has 0 unspecified atom stereocenters. The summed E-state index contributed by atoms with van der Waals surface area (Å²) in [7, 11) is 0. The molecule has 3 aromatic rings. The fraction of sp³-hybridized carbons (Fsp3) is 0. The van der Waals surface area contributed by atoms with Crippen molar-refractivity contribution in [2.75, 3.05) is 5.73 Å². The third-order valence-electron chi connectivity index (χ3n) is 2.77. The molecule has 0 radical (unpaired) electrons. The van der Waals surface area contributed by atoms with Gasteiger partial charge in [0.25, 0.3) is 0 Å². The smallest absolute Gasteiger partial charge is 0.194 e. The molecule has 3 N–H and O–H groups in total. The Morgan fingerprint density at radius 1 is 1.15 bits per heavy atom. The highest BCUT2D eigenvalue weighted by atomic mass is 35.5. The number of hydrogen-bond acceptors (Lipinski definition) is 3. The number of rotatable bonds is 2. The zero-order valence-corrected chi connectivity index (χ0v) is 10.7. The maximum Gasteiger partial charge on any atom is 0.194 e. The van der Waals surface area contributed by atoms with Gasteiger partial charge in [-0.15, -0.1) is 0 Å². The Balaban J connectivity index is 2.21. The third kappa shape index (κ3) is 2.14. The maximum atomic E-state index is 13.3. The van der Waals surface area contributed by atoms with Crippen molar-refractivity contribution in [2.45, 2.75) is 0 Å². The molecule has 0 saturated carbocycles. The minimum Gasteiger partial charge on any atom is -0.443 e. The number of furan rings is 1. The zero-order chi connectivity index (χ0) is 14.3. The van der Waals surface area contributed by atoms with Crippen LogP contribution in [0.4, 0.5) is 14.6 Å². The molecule has 2 heterocycles. The number of nitrogens with one attached hydrogen (secondary N) is 1. The lowest BCUT2D eigenvalue weighted by atomic mass is 10.0. The summed E-state index contributed by atoms with van der Waals surface area (Å²) in [4.78, 5) is 0. The first-order valence-corrected chi connectivity index (χ1v) is 5.98. The van der Waals surface area contributed by atoms with Crippen LogP contribution in [-0.2, 0) is 0 Å². The molecule has 102 valence electrons. The largest absolute Gasteiger partial charge is 0.443 e. The zero-order valence-electron chi connectivity index (χ0n) is 9.95. The number of aromatic nitrogens is 2. The van der Waals surface area contributed by atoms with Gasteiger partial charge in [0.05, 0.1) is 5.56 Å². The summed E-state index contributed by atoms with van der Waals surface area (Å²) in [6, 6.07) is 6.26. The molecule has 0 saturated heterocycles. The first-order chi connectivity index (χ1) is 9.54. The molecule has 1 aromatic carbocycles. The van der Waals surface area contributed by atoms with Crippen molar-refractivity contribution in [1.29, 1.82) is 0 Å². The van der Waals surface area contributed by atoms with Crippen LogP contribution in [0.1, 0.15) is 0 Å². The van der Waals surface area contributed by atoms with Gasteiger partial charge in [-0.05, 0) is 41.4 Å². The van der Waals surface area contributed by atoms with Crippen LogP contribution in [-0.4, -0.2) is 10.2 Å². The molecule has 0 bridgehead atoms. The first-order valence-electron chi connectivity index (χ1n) is 5.60. The molecule has 4 nitrogen and oxygen atoms in total. The predicted octanol–water partition coefficient (Wildman–Crippen LogP) is 3.85. The minimum atomic E-state index is -0.705. The quantitative estimate of drug-likeness (QED) is 0.754. The van der Waals surface area contributed by atoms with E-state index in [0.29, 0.717) is 17.0 Å². The van der Waals surface area contributed by atoms with Crippen LogP contribution in [0.2, 0.25) is 5.22 Å². The molecule has 7 heteroatoms. The highest BCUT2D eigenvalue weighted by molar-refractivity contribution is 6.29. The molecule has 0 amide bonds. The molecule has 0 spiro atoms. The molecule has 20 heavy (non-hydrogen) atoms. The van der Waals surface area contributed by atoms with Crippen LogP contribution < -0.4 is 5.73 Å². The van der Waals surface area contributed by atoms with Crippen molar-refractivity contribution in [2.24, 2.45) is 0 Å². The fourth-order valence-electron chi connectivity index (χ4n) is 1.97. The highest BCUT2D eigenvalue weighted by Gasteiger charge is 2.18. The van der Waals surface area contributed by atoms with E-state index in [1.54, 1.807) is 12.1 Å². The number of nitrogens with two attached hydrogens (primary N) is 1. The predicted molar refractivity (Wildman–Crippen MR) is 71.1 cm³/mol. The van der Waals surface area contributed by atoms with Gasteiger partial charge >= 0.3 is 0 Å². The van der Waals surface area contributed by atoms with E-state index in [-0.39, 0.29) is 16.6 Å². The number of nitrogen functional groups attached to an aromatic ring is 1.